The maximum atomic E-state index is 12.0. The zero-order valence-electron chi connectivity index (χ0n) is 15.9. The molecule has 2 heterocycles. The van der Waals surface area contributed by atoms with Crippen LogP contribution in [0.1, 0.15) is 19.4 Å². The molecule has 3 rings (SSSR count). The molecule has 0 atom stereocenters. The van der Waals surface area contributed by atoms with E-state index in [1.165, 1.54) is 11.3 Å². The van der Waals surface area contributed by atoms with Crippen LogP contribution in [-0.2, 0) is 10.0 Å². The zero-order chi connectivity index (χ0) is 20.3. The fourth-order valence-electron chi connectivity index (χ4n) is 2.34. The van der Waals surface area contributed by atoms with Crippen molar-refractivity contribution in [1.82, 2.24) is 15.0 Å². The van der Waals surface area contributed by atoms with Crippen molar-refractivity contribution in [2.45, 2.75) is 26.0 Å². The number of anilines is 3. The number of aryl methyl sites for hydroxylation is 1. The summed E-state index contributed by atoms with van der Waals surface area (Å²) >= 11 is 1.28. The van der Waals surface area contributed by atoms with E-state index >= 15 is 0 Å². The molecule has 0 aliphatic heterocycles. The highest BCUT2D eigenvalue weighted by Gasteiger charge is 2.18. The van der Waals surface area contributed by atoms with Gasteiger partial charge >= 0.3 is 0 Å². The Morgan fingerprint density at radius 2 is 1.96 bits per heavy atom. The number of hydrogen-bond donors (Lipinski definition) is 2. The summed E-state index contributed by atoms with van der Waals surface area (Å²) < 4.78 is 31.7. The lowest BCUT2D eigenvalue weighted by Crippen LogP contribution is -2.22. The van der Waals surface area contributed by atoms with Gasteiger partial charge in [-0.2, -0.15) is 4.98 Å². The second-order valence-electron chi connectivity index (χ2n) is 6.36. The number of thiazole rings is 1. The van der Waals surface area contributed by atoms with Gasteiger partial charge in [-0.3, -0.25) is 4.72 Å². The van der Waals surface area contributed by atoms with Crippen molar-refractivity contribution in [2.24, 2.45) is 0 Å². The molecule has 2 N–H and O–H groups in total. The van der Waals surface area contributed by atoms with Gasteiger partial charge in [0.15, 0.2) is 5.13 Å². The molecule has 0 unspecified atom stereocenters. The quantitative estimate of drug-likeness (QED) is 0.600. The predicted octanol–water partition coefficient (Wildman–Crippen LogP) is 3.81. The molecule has 2 aromatic heterocycles. The van der Waals surface area contributed by atoms with Crippen molar-refractivity contribution in [3.8, 4) is 16.3 Å². The van der Waals surface area contributed by atoms with Gasteiger partial charge in [0.05, 0.1) is 17.2 Å². The van der Waals surface area contributed by atoms with Crippen LogP contribution >= 0.6 is 11.3 Å². The lowest BCUT2D eigenvalue weighted by molar-refractivity contribution is 0.397. The van der Waals surface area contributed by atoms with Crippen LogP contribution in [0.15, 0.2) is 36.7 Å². The summed E-state index contributed by atoms with van der Waals surface area (Å²) in [6, 6.07) is 7.58. The van der Waals surface area contributed by atoms with Gasteiger partial charge in [0.25, 0.3) is 0 Å². The Kier molecular flexibility index (Phi) is 5.80. The number of sulfonamides is 1. The van der Waals surface area contributed by atoms with Gasteiger partial charge in [0.2, 0.25) is 21.9 Å². The Morgan fingerprint density at radius 1 is 1.18 bits per heavy atom. The van der Waals surface area contributed by atoms with E-state index in [4.69, 9.17) is 4.74 Å². The molecule has 28 heavy (non-hydrogen) atoms. The standard InChI is InChI=1S/C18H21N5O3S2/c1-11(2)28(24,25)23-18-20-10-15(27-18)13-7-12(3)8-14(9-13)21-17-19-6-5-16(22-17)26-4/h5-11H,1-4H3,(H,20,23)(H,19,21,22). The molecule has 3 aromatic rings. The summed E-state index contributed by atoms with van der Waals surface area (Å²) in [5.41, 5.74) is 2.75. The highest BCUT2D eigenvalue weighted by molar-refractivity contribution is 7.93. The smallest absolute Gasteiger partial charge is 0.236 e. The second-order valence-corrected chi connectivity index (χ2v) is 9.63. The summed E-state index contributed by atoms with van der Waals surface area (Å²) in [6.45, 7) is 5.22. The minimum atomic E-state index is -3.43. The summed E-state index contributed by atoms with van der Waals surface area (Å²) in [5.74, 6) is 0.889. The van der Waals surface area contributed by atoms with Crippen LogP contribution in [0, 0.1) is 6.92 Å². The summed E-state index contributed by atoms with van der Waals surface area (Å²) in [6.07, 6.45) is 3.27. The number of nitrogens with one attached hydrogen (secondary N) is 2. The van der Waals surface area contributed by atoms with E-state index in [1.807, 2.05) is 25.1 Å². The minimum absolute atomic E-state index is 0.343. The lowest BCUT2D eigenvalue weighted by atomic mass is 10.1. The topological polar surface area (TPSA) is 106 Å². The summed E-state index contributed by atoms with van der Waals surface area (Å²) in [7, 11) is -1.88. The number of ether oxygens (including phenoxy) is 1. The van der Waals surface area contributed by atoms with Crippen molar-refractivity contribution in [2.75, 3.05) is 17.1 Å². The number of hydrogen-bond acceptors (Lipinski definition) is 8. The number of aromatic nitrogens is 3. The van der Waals surface area contributed by atoms with Crippen LogP contribution in [0.25, 0.3) is 10.4 Å². The molecule has 148 valence electrons. The van der Waals surface area contributed by atoms with E-state index in [1.54, 1.807) is 39.4 Å². The van der Waals surface area contributed by atoms with E-state index in [-0.39, 0.29) is 0 Å². The van der Waals surface area contributed by atoms with Crippen LogP contribution in [0.5, 0.6) is 5.88 Å². The highest BCUT2D eigenvalue weighted by Crippen LogP contribution is 2.32. The molecule has 0 aliphatic carbocycles. The number of methoxy groups -OCH3 is 1. The first-order chi connectivity index (χ1) is 13.3. The first kappa shape index (κ1) is 20.0. The van der Waals surface area contributed by atoms with E-state index in [0.29, 0.717) is 17.0 Å². The molecule has 0 aliphatic rings. The van der Waals surface area contributed by atoms with Gasteiger partial charge in [-0.15, -0.1) is 0 Å². The Bertz CT molecular complexity index is 1080. The highest BCUT2D eigenvalue weighted by atomic mass is 32.2. The van der Waals surface area contributed by atoms with E-state index < -0.39 is 15.3 Å². The van der Waals surface area contributed by atoms with Gasteiger partial charge in [-0.05, 0) is 44.0 Å². The van der Waals surface area contributed by atoms with Crippen LogP contribution in [0.3, 0.4) is 0 Å². The molecule has 1 aromatic carbocycles. The normalized spacial score (nSPS) is 11.5. The van der Waals surface area contributed by atoms with E-state index in [0.717, 1.165) is 21.7 Å². The van der Waals surface area contributed by atoms with Crippen molar-refractivity contribution >= 4 is 38.1 Å². The lowest BCUT2D eigenvalue weighted by Gasteiger charge is -2.09. The van der Waals surface area contributed by atoms with Gasteiger partial charge in [-0.1, -0.05) is 17.4 Å². The molecular formula is C18H21N5O3S2. The van der Waals surface area contributed by atoms with E-state index in [9.17, 15) is 8.42 Å². The number of benzene rings is 1. The fraction of sp³-hybridized carbons (Fsp3) is 0.278. The molecule has 0 spiro atoms. The Balaban J connectivity index is 1.85. The molecule has 0 fully saturated rings. The first-order valence-corrected chi connectivity index (χ1v) is 10.9. The van der Waals surface area contributed by atoms with Crippen molar-refractivity contribution in [3.05, 3.63) is 42.2 Å². The van der Waals surface area contributed by atoms with Gasteiger partial charge < -0.3 is 10.1 Å². The molecule has 0 radical (unpaired) electrons. The van der Waals surface area contributed by atoms with Crippen molar-refractivity contribution in [3.63, 3.8) is 0 Å². The Hall–Kier alpha value is -2.72. The molecule has 8 nitrogen and oxygen atoms in total. The Labute approximate surface area is 168 Å². The molecule has 0 saturated heterocycles. The van der Waals surface area contributed by atoms with Crippen LogP contribution in [-0.4, -0.2) is 35.7 Å². The third kappa shape index (κ3) is 4.76. The first-order valence-electron chi connectivity index (χ1n) is 8.50. The average molecular weight is 420 g/mol. The zero-order valence-corrected chi connectivity index (χ0v) is 17.6. The Morgan fingerprint density at radius 3 is 2.68 bits per heavy atom. The molecule has 0 amide bonds. The van der Waals surface area contributed by atoms with Crippen LogP contribution < -0.4 is 14.8 Å². The van der Waals surface area contributed by atoms with Crippen molar-refractivity contribution < 1.29 is 13.2 Å². The summed E-state index contributed by atoms with van der Waals surface area (Å²) in [5, 5.41) is 2.97. The molecular weight excluding hydrogens is 398 g/mol. The number of rotatable bonds is 7. The minimum Gasteiger partial charge on any atom is -0.481 e. The summed E-state index contributed by atoms with van der Waals surface area (Å²) in [4.78, 5) is 13.5. The number of nitrogens with zero attached hydrogens (tertiary/aromatic N) is 3. The van der Waals surface area contributed by atoms with Gasteiger partial charge in [0, 0.05) is 24.1 Å². The van der Waals surface area contributed by atoms with Crippen LogP contribution in [0.4, 0.5) is 16.8 Å². The average Bonchev–Trinajstić information content (AvgIpc) is 3.09. The van der Waals surface area contributed by atoms with Gasteiger partial charge in [0.1, 0.15) is 0 Å². The van der Waals surface area contributed by atoms with Crippen LogP contribution in [0.2, 0.25) is 0 Å². The van der Waals surface area contributed by atoms with Crippen molar-refractivity contribution in [1.29, 1.82) is 0 Å². The third-order valence-electron chi connectivity index (χ3n) is 3.81. The SMILES string of the molecule is COc1ccnc(Nc2cc(C)cc(-c3cnc(NS(=O)(=O)C(C)C)s3)c2)n1. The largest absolute Gasteiger partial charge is 0.481 e. The molecule has 10 heteroatoms. The second kappa shape index (κ2) is 8.11. The maximum absolute atomic E-state index is 12.0. The monoisotopic (exact) mass is 419 g/mol. The van der Waals surface area contributed by atoms with Gasteiger partial charge in [-0.25, -0.2) is 18.4 Å². The fourth-order valence-corrected chi connectivity index (χ4v) is 4.04. The third-order valence-corrected chi connectivity index (χ3v) is 6.62. The maximum Gasteiger partial charge on any atom is 0.236 e. The molecule has 0 saturated carbocycles. The van der Waals surface area contributed by atoms with E-state index in [2.05, 4.69) is 25.0 Å². The molecule has 0 bridgehead atoms. The predicted molar refractivity (Wildman–Crippen MR) is 112 cm³/mol.